The van der Waals surface area contributed by atoms with Gasteiger partial charge in [-0.1, -0.05) is 21.6 Å². The Hall–Kier alpha value is 0.500. The maximum atomic E-state index is 9.95. The summed E-state index contributed by atoms with van der Waals surface area (Å²) in [7, 11) is 5.88. The van der Waals surface area contributed by atoms with E-state index in [1.54, 1.807) is 0 Å². The van der Waals surface area contributed by atoms with Gasteiger partial charge in [-0.25, -0.2) is 0 Å². The summed E-state index contributed by atoms with van der Waals surface area (Å²) in [4.78, 5) is 0. The SMILES string of the molecule is CNCCNC(O)NC1CC(N)CC2SSCC2C1. The molecule has 5 nitrogen and oxygen atoms in total. The summed E-state index contributed by atoms with van der Waals surface area (Å²) >= 11 is 0. The van der Waals surface area contributed by atoms with Crippen molar-refractivity contribution in [3.8, 4) is 0 Å². The van der Waals surface area contributed by atoms with Crippen molar-refractivity contribution in [3.05, 3.63) is 0 Å². The zero-order valence-electron chi connectivity index (χ0n) is 11.5. The fourth-order valence-electron chi connectivity index (χ4n) is 2.83. The molecule has 6 N–H and O–H groups in total. The Balaban J connectivity index is 1.78. The van der Waals surface area contributed by atoms with Crippen molar-refractivity contribution in [2.24, 2.45) is 11.7 Å². The third-order valence-electron chi connectivity index (χ3n) is 3.82. The van der Waals surface area contributed by atoms with E-state index in [-0.39, 0.29) is 6.04 Å². The van der Waals surface area contributed by atoms with Crippen molar-refractivity contribution in [2.45, 2.75) is 42.9 Å². The van der Waals surface area contributed by atoms with Gasteiger partial charge in [0.15, 0.2) is 6.35 Å². The van der Waals surface area contributed by atoms with Gasteiger partial charge in [0.25, 0.3) is 0 Å². The van der Waals surface area contributed by atoms with Gasteiger partial charge in [-0.3, -0.25) is 10.6 Å². The third kappa shape index (κ3) is 5.08. The minimum Gasteiger partial charge on any atom is -0.365 e. The molecule has 2 fully saturated rings. The quantitative estimate of drug-likeness (QED) is 0.267. The van der Waals surface area contributed by atoms with Crippen LogP contribution in [-0.4, -0.2) is 54.7 Å². The first kappa shape index (κ1) is 15.9. The molecule has 1 heterocycles. The molecule has 0 aromatic carbocycles. The van der Waals surface area contributed by atoms with E-state index in [1.807, 2.05) is 28.6 Å². The number of aliphatic hydroxyl groups is 1. The Kier molecular flexibility index (Phi) is 6.74. The molecular weight excluding hydrogens is 280 g/mol. The molecule has 5 atom stereocenters. The lowest BCUT2D eigenvalue weighted by molar-refractivity contribution is 0.0836. The van der Waals surface area contributed by atoms with E-state index >= 15 is 0 Å². The van der Waals surface area contributed by atoms with Crippen LogP contribution in [-0.2, 0) is 0 Å². The molecule has 1 saturated heterocycles. The topological polar surface area (TPSA) is 82.3 Å². The second-order valence-electron chi connectivity index (χ2n) is 5.47. The molecule has 1 aliphatic carbocycles. The molecule has 1 aliphatic heterocycles. The van der Waals surface area contributed by atoms with Crippen LogP contribution in [0.1, 0.15) is 19.3 Å². The van der Waals surface area contributed by atoms with Gasteiger partial charge < -0.3 is 16.2 Å². The Morgan fingerprint density at radius 3 is 2.95 bits per heavy atom. The standard InChI is InChI=1S/C12H26N4OS2/c1-14-2-3-15-12(17)16-10-4-8-7-18-19-11(8)6-9(13)5-10/h8-12,14-17H,2-7,13H2,1H3. The van der Waals surface area contributed by atoms with Crippen molar-refractivity contribution >= 4 is 21.6 Å². The van der Waals surface area contributed by atoms with Crippen molar-refractivity contribution in [2.75, 3.05) is 25.9 Å². The Bertz CT molecular complexity index is 272. The van der Waals surface area contributed by atoms with Crippen LogP contribution in [0.15, 0.2) is 0 Å². The minimum absolute atomic E-state index is 0.253. The van der Waals surface area contributed by atoms with E-state index in [9.17, 15) is 5.11 Å². The molecule has 2 rings (SSSR count). The van der Waals surface area contributed by atoms with Crippen LogP contribution in [0.5, 0.6) is 0 Å². The average molecular weight is 307 g/mol. The van der Waals surface area contributed by atoms with Gasteiger partial charge in [-0.15, -0.1) is 0 Å². The minimum atomic E-state index is -0.635. The Morgan fingerprint density at radius 2 is 2.16 bits per heavy atom. The maximum Gasteiger partial charge on any atom is 0.160 e. The van der Waals surface area contributed by atoms with Gasteiger partial charge in [-0.05, 0) is 32.2 Å². The normalized spacial score (nSPS) is 36.8. The largest absolute Gasteiger partial charge is 0.365 e. The molecule has 5 unspecified atom stereocenters. The van der Waals surface area contributed by atoms with Gasteiger partial charge in [0.1, 0.15) is 0 Å². The molecule has 0 aromatic rings. The smallest absolute Gasteiger partial charge is 0.160 e. The number of likely N-dealkylation sites (N-methyl/N-ethyl adjacent to an activating group) is 1. The molecule has 0 amide bonds. The van der Waals surface area contributed by atoms with Gasteiger partial charge in [0, 0.05) is 36.2 Å². The summed E-state index contributed by atoms with van der Waals surface area (Å²) < 4.78 is 0. The monoisotopic (exact) mass is 306 g/mol. The second-order valence-corrected chi connectivity index (χ2v) is 8.12. The first-order valence-corrected chi connectivity index (χ1v) is 9.43. The maximum absolute atomic E-state index is 9.95. The lowest BCUT2D eigenvalue weighted by Crippen LogP contribution is -2.50. The summed E-state index contributed by atoms with van der Waals surface area (Å²) in [6, 6.07) is 0.574. The van der Waals surface area contributed by atoms with Crippen LogP contribution in [0.2, 0.25) is 0 Å². The van der Waals surface area contributed by atoms with Crippen molar-refractivity contribution in [1.29, 1.82) is 0 Å². The summed E-state index contributed by atoms with van der Waals surface area (Å²) in [5, 5.41) is 20.0. The summed E-state index contributed by atoms with van der Waals surface area (Å²) in [6.07, 6.45) is 2.57. The molecule has 0 bridgehead atoms. The van der Waals surface area contributed by atoms with E-state index in [0.29, 0.717) is 11.3 Å². The fraction of sp³-hybridized carbons (Fsp3) is 1.00. The highest BCUT2D eigenvalue weighted by Gasteiger charge is 2.36. The van der Waals surface area contributed by atoms with Gasteiger partial charge in [-0.2, -0.15) is 0 Å². The highest BCUT2D eigenvalue weighted by Crippen LogP contribution is 2.47. The zero-order valence-corrected chi connectivity index (χ0v) is 13.1. The molecule has 19 heavy (non-hydrogen) atoms. The van der Waals surface area contributed by atoms with Crippen LogP contribution in [0.25, 0.3) is 0 Å². The predicted molar refractivity (Wildman–Crippen MR) is 84.0 cm³/mol. The number of hydrogen-bond acceptors (Lipinski definition) is 7. The van der Waals surface area contributed by atoms with Crippen LogP contribution < -0.4 is 21.7 Å². The molecule has 112 valence electrons. The van der Waals surface area contributed by atoms with Crippen molar-refractivity contribution in [1.82, 2.24) is 16.0 Å². The highest BCUT2D eigenvalue weighted by molar-refractivity contribution is 8.77. The molecular formula is C12H26N4OS2. The van der Waals surface area contributed by atoms with Crippen LogP contribution in [0.3, 0.4) is 0 Å². The number of rotatable bonds is 6. The zero-order chi connectivity index (χ0) is 13.7. The second kappa shape index (κ2) is 8.07. The number of hydrogen-bond donors (Lipinski definition) is 5. The fourth-order valence-corrected chi connectivity index (χ4v) is 6.43. The van der Waals surface area contributed by atoms with Crippen LogP contribution in [0.4, 0.5) is 0 Å². The number of nitrogens with one attached hydrogen (secondary N) is 3. The van der Waals surface area contributed by atoms with Gasteiger partial charge in [0.2, 0.25) is 0 Å². The number of fused-ring (bicyclic) bond motifs is 1. The van der Waals surface area contributed by atoms with Crippen LogP contribution in [0, 0.1) is 5.92 Å². The average Bonchev–Trinajstić information content (AvgIpc) is 2.70. The summed E-state index contributed by atoms with van der Waals surface area (Å²) in [6.45, 7) is 1.60. The molecule has 0 spiro atoms. The highest BCUT2D eigenvalue weighted by atomic mass is 33.1. The van der Waals surface area contributed by atoms with Crippen LogP contribution >= 0.6 is 21.6 Å². The predicted octanol–water partition coefficient (Wildman–Crippen LogP) is -0.0795. The van der Waals surface area contributed by atoms with Gasteiger partial charge >= 0.3 is 0 Å². The molecule has 7 heteroatoms. The molecule has 0 aromatic heterocycles. The van der Waals surface area contributed by atoms with E-state index in [0.717, 1.165) is 38.3 Å². The number of nitrogens with two attached hydrogens (primary N) is 1. The Morgan fingerprint density at radius 1 is 1.32 bits per heavy atom. The first-order valence-electron chi connectivity index (χ1n) is 7.05. The molecule has 1 saturated carbocycles. The third-order valence-corrected chi connectivity index (χ3v) is 6.90. The van der Waals surface area contributed by atoms with E-state index in [4.69, 9.17) is 5.73 Å². The van der Waals surface area contributed by atoms with Gasteiger partial charge in [0.05, 0.1) is 0 Å². The van der Waals surface area contributed by atoms with E-state index in [1.165, 1.54) is 5.75 Å². The van der Waals surface area contributed by atoms with E-state index in [2.05, 4.69) is 16.0 Å². The lowest BCUT2D eigenvalue weighted by Gasteiger charge is -2.24. The summed E-state index contributed by atoms with van der Waals surface area (Å²) in [5.74, 6) is 1.97. The summed E-state index contributed by atoms with van der Waals surface area (Å²) in [5.41, 5.74) is 6.20. The lowest BCUT2D eigenvalue weighted by atomic mass is 10.00. The molecule has 0 radical (unpaired) electrons. The van der Waals surface area contributed by atoms with Crippen molar-refractivity contribution < 1.29 is 5.11 Å². The first-order chi connectivity index (χ1) is 9.19. The molecule has 2 aliphatic rings. The Labute approximate surface area is 123 Å². The number of aliphatic hydroxyl groups excluding tert-OH is 1. The van der Waals surface area contributed by atoms with E-state index < -0.39 is 6.35 Å². The van der Waals surface area contributed by atoms with Crippen molar-refractivity contribution in [3.63, 3.8) is 0 Å².